The smallest absolute Gasteiger partial charge is 0.411 e. The number of carbonyl (C=O) groups excluding carboxylic acids is 2. The lowest BCUT2D eigenvalue weighted by molar-refractivity contribution is -0.148. The second-order valence-electron chi connectivity index (χ2n) is 8.57. The molecule has 1 heterocycles. The summed E-state index contributed by atoms with van der Waals surface area (Å²) >= 11 is 0. The molecule has 1 fully saturated rings. The Balaban J connectivity index is 1.44. The van der Waals surface area contributed by atoms with Gasteiger partial charge in [-0.3, -0.25) is 15.0 Å². The van der Waals surface area contributed by atoms with Crippen molar-refractivity contribution in [3.63, 3.8) is 0 Å². The summed E-state index contributed by atoms with van der Waals surface area (Å²) < 4.78 is 25.7. The number of likely N-dealkylation sites (tertiary alicyclic amines) is 1. The van der Waals surface area contributed by atoms with Crippen LogP contribution < -0.4 is 5.32 Å². The average Bonchev–Trinajstić information content (AvgIpc) is 3.28. The molecule has 1 aliphatic heterocycles. The number of hydrogen-bond acceptors (Lipinski definition) is 5. The average molecular weight is 477 g/mol. The first-order valence-corrected chi connectivity index (χ1v) is 11.7. The zero-order valence-corrected chi connectivity index (χ0v) is 19.7. The molecule has 1 N–H and O–H groups in total. The molecule has 1 saturated heterocycles. The van der Waals surface area contributed by atoms with Gasteiger partial charge in [0.15, 0.2) is 0 Å². The molecule has 0 aliphatic carbocycles. The van der Waals surface area contributed by atoms with E-state index in [2.05, 4.69) is 10.2 Å². The summed E-state index contributed by atoms with van der Waals surface area (Å²) in [5.74, 6) is -1.62. The Kier molecular flexibility index (Phi) is 8.11. The van der Waals surface area contributed by atoms with Gasteiger partial charge in [-0.05, 0) is 35.7 Å². The Labute approximate surface area is 204 Å². The Bertz CT molecular complexity index is 1140. The van der Waals surface area contributed by atoms with Crippen LogP contribution in [0.15, 0.2) is 78.9 Å². The monoisotopic (exact) mass is 476 g/mol. The number of amides is 1. The third-order valence-electron chi connectivity index (χ3n) is 6.09. The van der Waals surface area contributed by atoms with Gasteiger partial charge in [0, 0.05) is 31.2 Å². The zero-order valence-electron chi connectivity index (χ0n) is 19.7. The summed E-state index contributed by atoms with van der Waals surface area (Å²) in [6.07, 6.45) is -0.666. The molecule has 1 aliphatic rings. The lowest BCUT2D eigenvalue weighted by atomic mass is 9.88. The maximum Gasteiger partial charge on any atom is 0.411 e. The first kappa shape index (κ1) is 24.4. The number of rotatable bonds is 8. The molecule has 4 rings (SSSR count). The standard InChI is InChI=1S/C28H29FN2O4/c1-2-34-27(32)25-18-31(16-20-9-5-3-6-10-20)17-24(25)23-14-13-22(15-26(23)29)30-28(33)35-19-21-11-7-4-8-12-21/h3-15,24-25H,2,16-19H2,1H3,(H,30,33)/t24-,25+/m1/s1. The molecule has 2 atom stereocenters. The molecular weight excluding hydrogens is 447 g/mol. The van der Waals surface area contributed by atoms with Gasteiger partial charge in [0.05, 0.1) is 12.5 Å². The lowest BCUT2D eigenvalue weighted by Crippen LogP contribution is -2.25. The van der Waals surface area contributed by atoms with Crippen molar-refractivity contribution in [3.05, 3.63) is 101 Å². The fraction of sp³-hybridized carbons (Fsp3) is 0.286. The van der Waals surface area contributed by atoms with Crippen molar-refractivity contribution in [3.8, 4) is 0 Å². The fourth-order valence-electron chi connectivity index (χ4n) is 4.44. The summed E-state index contributed by atoms with van der Waals surface area (Å²) in [7, 11) is 0. The number of nitrogens with one attached hydrogen (secondary N) is 1. The van der Waals surface area contributed by atoms with E-state index in [1.54, 1.807) is 19.1 Å². The predicted molar refractivity (Wildman–Crippen MR) is 131 cm³/mol. The molecule has 7 heteroatoms. The van der Waals surface area contributed by atoms with Crippen LogP contribution in [0.4, 0.5) is 14.9 Å². The third kappa shape index (κ3) is 6.45. The van der Waals surface area contributed by atoms with Crippen LogP contribution in [0.5, 0.6) is 0 Å². The van der Waals surface area contributed by atoms with Gasteiger partial charge in [-0.15, -0.1) is 0 Å². The molecule has 1 amide bonds. The number of anilines is 1. The number of hydrogen-bond donors (Lipinski definition) is 1. The number of carbonyl (C=O) groups is 2. The molecule has 6 nitrogen and oxygen atoms in total. The highest BCUT2D eigenvalue weighted by Crippen LogP contribution is 2.36. The Hall–Kier alpha value is -3.71. The second kappa shape index (κ2) is 11.6. The van der Waals surface area contributed by atoms with E-state index in [1.165, 1.54) is 6.07 Å². The van der Waals surface area contributed by atoms with Gasteiger partial charge < -0.3 is 9.47 Å². The van der Waals surface area contributed by atoms with E-state index in [9.17, 15) is 9.59 Å². The van der Waals surface area contributed by atoms with Crippen LogP contribution in [-0.4, -0.2) is 36.7 Å². The van der Waals surface area contributed by atoms with E-state index in [-0.39, 0.29) is 30.8 Å². The van der Waals surface area contributed by atoms with Crippen molar-refractivity contribution >= 4 is 17.7 Å². The van der Waals surface area contributed by atoms with E-state index in [0.29, 0.717) is 25.2 Å². The molecule has 35 heavy (non-hydrogen) atoms. The molecule has 0 aromatic heterocycles. The topological polar surface area (TPSA) is 67.9 Å². The summed E-state index contributed by atoms with van der Waals surface area (Å²) in [5.41, 5.74) is 2.71. The minimum atomic E-state index is -0.666. The van der Waals surface area contributed by atoms with Crippen molar-refractivity contribution in [2.24, 2.45) is 5.92 Å². The van der Waals surface area contributed by atoms with E-state index in [4.69, 9.17) is 9.47 Å². The predicted octanol–water partition coefficient (Wildman–Crippen LogP) is 5.35. The van der Waals surface area contributed by atoms with Crippen LogP contribution in [0.1, 0.15) is 29.5 Å². The van der Waals surface area contributed by atoms with Crippen molar-refractivity contribution in [2.75, 3.05) is 25.0 Å². The zero-order chi connectivity index (χ0) is 24.6. The van der Waals surface area contributed by atoms with Crippen molar-refractivity contribution in [2.45, 2.75) is 26.0 Å². The number of nitrogens with zero attached hydrogens (tertiary/aromatic N) is 1. The van der Waals surface area contributed by atoms with Crippen LogP contribution >= 0.6 is 0 Å². The van der Waals surface area contributed by atoms with E-state index in [0.717, 1.165) is 11.1 Å². The molecule has 0 spiro atoms. The van der Waals surface area contributed by atoms with Gasteiger partial charge in [-0.2, -0.15) is 0 Å². The highest BCUT2D eigenvalue weighted by molar-refractivity contribution is 5.84. The largest absolute Gasteiger partial charge is 0.466 e. The highest BCUT2D eigenvalue weighted by Gasteiger charge is 2.40. The van der Waals surface area contributed by atoms with Gasteiger partial charge >= 0.3 is 12.1 Å². The van der Waals surface area contributed by atoms with Gasteiger partial charge in [0.25, 0.3) is 0 Å². The van der Waals surface area contributed by atoms with Crippen LogP contribution in [0.2, 0.25) is 0 Å². The number of halogens is 1. The minimum Gasteiger partial charge on any atom is -0.466 e. The van der Waals surface area contributed by atoms with Gasteiger partial charge in [-0.25, -0.2) is 9.18 Å². The number of esters is 1. The molecular formula is C28H29FN2O4. The summed E-state index contributed by atoms with van der Waals surface area (Å²) in [4.78, 5) is 27.0. The maximum atomic E-state index is 15.2. The third-order valence-corrected chi connectivity index (χ3v) is 6.09. The Morgan fingerprint density at radius 3 is 2.29 bits per heavy atom. The summed E-state index contributed by atoms with van der Waals surface area (Å²) in [5, 5.41) is 2.56. The molecule has 3 aromatic carbocycles. The van der Waals surface area contributed by atoms with Gasteiger partial charge in [0.1, 0.15) is 12.4 Å². The molecule has 0 unspecified atom stereocenters. The SMILES string of the molecule is CCOC(=O)[C@H]1CN(Cc2ccccc2)C[C@@H]1c1ccc(NC(=O)OCc2ccccc2)cc1F. The Morgan fingerprint density at radius 1 is 0.943 bits per heavy atom. The van der Waals surface area contributed by atoms with Crippen LogP contribution in [0.25, 0.3) is 0 Å². The summed E-state index contributed by atoms with van der Waals surface area (Å²) in [6.45, 7) is 3.85. The van der Waals surface area contributed by atoms with E-state index < -0.39 is 17.8 Å². The van der Waals surface area contributed by atoms with Gasteiger partial charge in [-0.1, -0.05) is 66.7 Å². The Morgan fingerprint density at radius 2 is 1.63 bits per heavy atom. The van der Waals surface area contributed by atoms with E-state index in [1.807, 2.05) is 60.7 Å². The molecule has 0 radical (unpaired) electrons. The number of ether oxygens (including phenoxy) is 2. The van der Waals surface area contributed by atoms with Crippen LogP contribution in [0.3, 0.4) is 0 Å². The molecule has 182 valence electrons. The molecule has 0 saturated carbocycles. The first-order chi connectivity index (χ1) is 17.0. The van der Waals surface area contributed by atoms with E-state index >= 15 is 4.39 Å². The first-order valence-electron chi connectivity index (χ1n) is 11.7. The van der Waals surface area contributed by atoms with Crippen molar-refractivity contribution in [1.82, 2.24) is 4.90 Å². The van der Waals surface area contributed by atoms with Crippen LogP contribution in [-0.2, 0) is 27.4 Å². The highest BCUT2D eigenvalue weighted by atomic mass is 19.1. The fourth-order valence-corrected chi connectivity index (χ4v) is 4.44. The normalized spacial score (nSPS) is 17.7. The second-order valence-corrected chi connectivity index (χ2v) is 8.57. The van der Waals surface area contributed by atoms with Crippen molar-refractivity contribution < 1.29 is 23.5 Å². The quantitative estimate of drug-likeness (QED) is 0.444. The molecule has 3 aromatic rings. The van der Waals surface area contributed by atoms with Crippen molar-refractivity contribution in [1.29, 1.82) is 0 Å². The minimum absolute atomic E-state index is 0.119. The number of benzene rings is 3. The lowest BCUT2D eigenvalue weighted by Gasteiger charge is -2.19. The summed E-state index contributed by atoms with van der Waals surface area (Å²) in [6, 6.07) is 23.8. The molecule has 0 bridgehead atoms. The van der Waals surface area contributed by atoms with Crippen LogP contribution in [0, 0.1) is 11.7 Å². The maximum absolute atomic E-state index is 15.2. The van der Waals surface area contributed by atoms with Gasteiger partial charge in [0.2, 0.25) is 0 Å².